The fourth-order valence-electron chi connectivity index (χ4n) is 2.82. The third kappa shape index (κ3) is 2.03. The molecule has 0 N–H and O–H groups in total. The molecule has 3 rings (SSSR count). The first-order valence-electron chi connectivity index (χ1n) is 6.93. The minimum absolute atomic E-state index is 0.190. The van der Waals surface area contributed by atoms with Crippen LogP contribution in [0.15, 0.2) is 33.5 Å². The second-order valence-electron chi connectivity index (χ2n) is 5.51. The summed E-state index contributed by atoms with van der Waals surface area (Å²) < 4.78 is 11.2. The number of fused-ring (bicyclic) bond motifs is 3. The molecular formula is C17H18O3. The molecule has 3 heteroatoms. The lowest BCUT2D eigenvalue weighted by molar-refractivity contribution is 0.350. The highest BCUT2D eigenvalue weighted by atomic mass is 16.5. The van der Waals surface area contributed by atoms with Gasteiger partial charge >= 0.3 is 5.63 Å². The predicted molar refractivity (Wildman–Crippen MR) is 79.6 cm³/mol. The van der Waals surface area contributed by atoms with Crippen molar-refractivity contribution >= 4 is 11.0 Å². The molecule has 0 saturated carbocycles. The molecule has 0 unspecified atom stereocenters. The zero-order chi connectivity index (χ0) is 14.3. The SMILES string of the molecule is C=C(C)COc1ccc2c3c(c(=O)oc2c1C)CCC3. The summed E-state index contributed by atoms with van der Waals surface area (Å²) in [6.45, 7) is 8.15. The molecule has 0 amide bonds. The lowest BCUT2D eigenvalue weighted by Gasteiger charge is -2.12. The average molecular weight is 270 g/mol. The maximum absolute atomic E-state index is 12.0. The fourth-order valence-corrected chi connectivity index (χ4v) is 2.82. The van der Waals surface area contributed by atoms with Gasteiger partial charge in [0.15, 0.2) is 0 Å². The van der Waals surface area contributed by atoms with E-state index in [9.17, 15) is 4.79 Å². The molecule has 1 aromatic heterocycles. The quantitative estimate of drug-likeness (QED) is 0.632. The first-order chi connectivity index (χ1) is 9.58. The molecule has 1 heterocycles. The van der Waals surface area contributed by atoms with E-state index in [-0.39, 0.29) is 5.63 Å². The van der Waals surface area contributed by atoms with Gasteiger partial charge < -0.3 is 9.15 Å². The van der Waals surface area contributed by atoms with Gasteiger partial charge in [-0.1, -0.05) is 6.58 Å². The lowest BCUT2D eigenvalue weighted by Crippen LogP contribution is -2.08. The van der Waals surface area contributed by atoms with Gasteiger partial charge in [0.2, 0.25) is 0 Å². The third-order valence-electron chi connectivity index (χ3n) is 3.81. The molecule has 0 atom stereocenters. The molecule has 1 aliphatic carbocycles. The molecule has 3 nitrogen and oxygen atoms in total. The van der Waals surface area contributed by atoms with Crippen LogP contribution in [0.1, 0.15) is 30.0 Å². The van der Waals surface area contributed by atoms with Crippen molar-refractivity contribution in [1.29, 1.82) is 0 Å². The van der Waals surface area contributed by atoms with Gasteiger partial charge in [-0.15, -0.1) is 0 Å². The van der Waals surface area contributed by atoms with Crippen molar-refractivity contribution in [2.75, 3.05) is 6.61 Å². The maximum Gasteiger partial charge on any atom is 0.339 e. The van der Waals surface area contributed by atoms with Crippen molar-refractivity contribution in [3.8, 4) is 5.75 Å². The van der Waals surface area contributed by atoms with Gasteiger partial charge in [0.05, 0.1) is 0 Å². The van der Waals surface area contributed by atoms with Crippen molar-refractivity contribution in [1.82, 2.24) is 0 Å². The van der Waals surface area contributed by atoms with Gasteiger partial charge in [-0.2, -0.15) is 0 Å². The van der Waals surface area contributed by atoms with Crippen LogP contribution in [0.5, 0.6) is 5.75 Å². The monoisotopic (exact) mass is 270 g/mol. The minimum Gasteiger partial charge on any atom is -0.489 e. The Morgan fingerprint density at radius 3 is 2.85 bits per heavy atom. The first-order valence-corrected chi connectivity index (χ1v) is 6.93. The molecule has 0 fully saturated rings. The van der Waals surface area contributed by atoms with E-state index in [0.717, 1.165) is 52.7 Å². The second-order valence-corrected chi connectivity index (χ2v) is 5.51. The summed E-state index contributed by atoms with van der Waals surface area (Å²) in [6.07, 6.45) is 2.83. The molecule has 104 valence electrons. The summed E-state index contributed by atoms with van der Waals surface area (Å²) in [5, 5.41) is 1.05. The fraction of sp³-hybridized carbons (Fsp3) is 0.353. The van der Waals surface area contributed by atoms with Gasteiger partial charge in [-0.05, 0) is 56.4 Å². The van der Waals surface area contributed by atoms with E-state index in [2.05, 4.69) is 6.58 Å². The molecule has 0 aliphatic heterocycles. The van der Waals surface area contributed by atoms with Crippen molar-refractivity contribution in [2.45, 2.75) is 33.1 Å². The summed E-state index contributed by atoms with van der Waals surface area (Å²) >= 11 is 0. The number of hydrogen-bond acceptors (Lipinski definition) is 3. The van der Waals surface area contributed by atoms with Crippen LogP contribution < -0.4 is 10.4 Å². The van der Waals surface area contributed by atoms with Gasteiger partial charge in [0.25, 0.3) is 0 Å². The Labute approximate surface area is 117 Å². The van der Waals surface area contributed by atoms with Crippen molar-refractivity contribution in [3.05, 3.63) is 51.4 Å². The van der Waals surface area contributed by atoms with E-state index in [4.69, 9.17) is 9.15 Å². The van der Waals surface area contributed by atoms with Crippen molar-refractivity contribution < 1.29 is 9.15 Å². The summed E-state index contributed by atoms with van der Waals surface area (Å²) in [5.41, 5.74) is 4.33. The van der Waals surface area contributed by atoms with E-state index in [1.54, 1.807) is 0 Å². The molecule has 2 aromatic rings. The second kappa shape index (κ2) is 4.82. The molecule has 0 saturated heterocycles. The van der Waals surface area contributed by atoms with Gasteiger partial charge in [-0.25, -0.2) is 4.79 Å². The zero-order valence-corrected chi connectivity index (χ0v) is 11.9. The number of benzene rings is 1. The van der Waals surface area contributed by atoms with Gasteiger partial charge in [-0.3, -0.25) is 0 Å². The Bertz CT molecular complexity index is 753. The molecule has 1 aliphatic rings. The third-order valence-corrected chi connectivity index (χ3v) is 3.81. The largest absolute Gasteiger partial charge is 0.489 e. The van der Waals surface area contributed by atoms with Crippen LogP contribution in [-0.2, 0) is 12.8 Å². The Balaban J connectivity index is 2.16. The standard InChI is InChI=1S/C17H18O3/c1-10(2)9-19-15-8-7-13-12-5-4-6-14(12)17(18)20-16(13)11(15)3/h7-8H,1,4-6,9H2,2-3H3. The van der Waals surface area contributed by atoms with Gasteiger partial charge in [0.1, 0.15) is 17.9 Å². The van der Waals surface area contributed by atoms with E-state index < -0.39 is 0 Å². The van der Waals surface area contributed by atoms with Crippen molar-refractivity contribution in [2.24, 2.45) is 0 Å². The number of rotatable bonds is 3. The predicted octanol–water partition coefficient (Wildman–Crippen LogP) is 3.55. The summed E-state index contributed by atoms with van der Waals surface area (Å²) in [4.78, 5) is 12.0. The summed E-state index contributed by atoms with van der Waals surface area (Å²) in [6, 6.07) is 3.96. The first kappa shape index (κ1) is 13.0. The summed E-state index contributed by atoms with van der Waals surface area (Å²) in [7, 11) is 0. The van der Waals surface area contributed by atoms with Crippen LogP contribution in [0.25, 0.3) is 11.0 Å². The van der Waals surface area contributed by atoms with E-state index in [0.29, 0.717) is 12.2 Å². The van der Waals surface area contributed by atoms with Crippen LogP contribution in [0.2, 0.25) is 0 Å². The van der Waals surface area contributed by atoms with Crippen LogP contribution in [0.3, 0.4) is 0 Å². The molecule has 1 aromatic carbocycles. The molecular weight excluding hydrogens is 252 g/mol. The van der Waals surface area contributed by atoms with Crippen LogP contribution in [0.4, 0.5) is 0 Å². The molecule has 0 spiro atoms. The van der Waals surface area contributed by atoms with Crippen LogP contribution in [-0.4, -0.2) is 6.61 Å². The van der Waals surface area contributed by atoms with Crippen LogP contribution in [0, 0.1) is 6.92 Å². The normalized spacial score (nSPS) is 13.5. The number of aryl methyl sites for hydroxylation is 2. The highest BCUT2D eigenvalue weighted by Crippen LogP contribution is 2.33. The Morgan fingerprint density at radius 1 is 1.35 bits per heavy atom. The highest BCUT2D eigenvalue weighted by Gasteiger charge is 2.21. The lowest BCUT2D eigenvalue weighted by atomic mass is 10.0. The average Bonchev–Trinajstić information content (AvgIpc) is 2.89. The van der Waals surface area contributed by atoms with E-state index in [1.807, 2.05) is 26.0 Å². The van der Waals surface area contributed by atoms with E-state index >= 15 is 0 Å². The van der Waals surface area contributed by atoms with Crippen molar-refractivity contribution in [3.63, 3.8) is 0 Å². The summed E-state index contributed by atoms with van der Waals surface area (Å²) in [5.74, 6) is 0.751. The van der Waals surface area contributed by atoms with E-state index in [1.165, 1.54) is 0 Å². The molecule has 20 heavy (non-hydrogen) atoms. The highest BCUT2D eigenvalue weighted by molar-refractivity contribution is 5.86. The van der Waals surface area contributed by atoms with Gasteiger partial charge in [0, 0.05) is 16.5 Å². The number of ether oxygens (including phenoxy) is 1. The Morgan fingerprint density at radius 2 is 2.10 bits per heavy atom. The smallest absolute Gasteiger partial charge is 0.339 e. The number of hydrogen-bond donors (Lipinski definition) is 0. The topological polar surface area (TPSA) is 39.4 Å². The Kier molecular flexibility index (Phi) is 3.13. The van der Waals surface area contributed by atoms with Crippen LogP contribution >= 0.6 is 0 Å². The molecule has 0 bridgehead atoms. The minimum atomic E-state index is -0.190. The maximum atomic E-state index is 12.0. The zero-order valence-electron chi connectivity index (χ0n) is 11.9. The molecule has 0 radical (unpaired) electrons. The Hall–Kier alpha value is -2.03.